The highest BCUT2D eigenvalue weighted by Crippen LogP contribution is 2.35. The summed E-state index contributed by atoms with van der Waals surface area (Å²) < 4.78 is 31.6. The van der Waals surface area contributed by atoms with Crippen molar-refractivity contribution in [3.05, 3.63) is 64.8 Å². The van der Waals surface area contributed by atoms with Gasteiger partial charge in [0.25, 0.3) is 0 Å². The third-order valence-corrected chi connectivity index (χ3v) is 10.1. The van der Waals surface area contributed by atoms with E-state index in [2.05, 4.69) is 28.9 Å². The Hall–Kier alpha value is -3.37. The standard InChI is InChI=1S/C33H48N6O3S/c1-20(2)24-14-27(21(3)4)31(28(15-24)22(5)6)43(41,42)38-30(16-25-18-36-29-12-8-7-11-26(25)29)32(40)37-17-23-10-9-13-39(19-23)33(34)35/h7-8,11-12,14-15,18,20-23,30,36,38H,9-10,13,16-17,19H2,1-6H3,(H3,34,35)(H,37,40)/t23?,30-/m1/s1. The largest absolute Gasteiger partial charge is 0.370 e. The van der Waals surface area contributed by atoms with Crippen LogP contribution in [0.1, 0.15) is 94.4 Å². The first kappa shape index (κ1) is 32.5. The molecule has 1 aliphatic heterocycles. The predicted molar refractivity (Wildman–Crippen MR) is 174 cm³/mol. The van der Waals surface area contributed by atoms with Crippen LogP contribution in [0.5, 0.6) is 0 Å². The van der Waals surface area contributed by atoms with Gasteiger partial charge in [-0.15, -0.1) is 0 Å². The van der Waals surface area contributed by atoms with E-state index in [1.165, 1.54) is 0 Å². The molecule has 43 heavy (non-hydrogen) atoms. The van der Waals surface area contributed by atoms with E-state index in [-0.39, 0.29) is 46.9 Å². The summed E-state index contributed by atoms with van der Waals surface area (Å²) in [6.45, 7) is 14.0. The molecule has 6 N–H and O–H groups in total. The summed E-state index contributed by atoms with van der Waals surface area (Å²) >= 11 is 0. The molecule has 0 spiro atoms. The zero-order valence-corrected chi connectivity index (χ0v) is 27.1. The van der Waals surface area contributed by atoms with Gasteiger partial charge in [0, 0.05) is 36.7 Å². The number of nitrogens with zero attached hydrogens (tertiary/aromatic N) is 1. The number of aromatic amines is 1. The van der Waals surface area contributed by atoms with Crippen LogP contribution in [0.3, 0.4) is 0 Å². The van der Waals surface area contributed by atoms with Crippen LogP contribution in [0.4, 0.5) is 0 Å². The topological polar surface area (TPSA) is 144 Å². The second-order valence-corrected chi connectivity index (χ2v) is 14.5. The number of carbonyl (C=O) groups is 1. The summed E-state index contributed by atoms with van der Waals surface area (Å²) in [5, 5.41) is 11.8. The lowest BCUT2D eigenvalue weighted by Gasteiger charge is -2.33. The molecule has 2 atom stereocenters. The molecule has 0 bridgehead atoms. The average Bonchev–Trinajstić information content (AvgIpc) is 3.37. The number of para-hydroxylation sites is 1. The Bertz CT molecular complexity index is 1530. The van der Waals surface area contributed by atoms with Crippen molar-refractivity contribution in [1.29, 1.82) is 5.41 Å². The van der Waals surface area contributed by atoms with Crippen molar-refractivity contribution in [3.63, 3.8) is 0 Å². The number of benzene rings is 2. The molecule has 4 rings (SSSR count). The van der Waals surface area contributed by atoms with Crippen molar-refractivity contribution < 1.29 is 13.2 Å². The van der Waals surface area contributed by atoms with Crippen LogP contribution >= 0.6 is 0 Å². The van der Waals surface area contributed by atoms with E-state index in [1.807, 2.05) is 75.2 Å². The number of sulfonamides is 1. The molecule has 2 heterocycles. The van der Waals surface area contributed by atoms with Crippen LogP contribution in [0.15, 0.2) is 47.5 Å². The van der Waals surface area contributed by atoms with Crippen molar-refractivity contribution in [2.45, 2.75) is 89.5 Å². The molecule has 1 amide bonds. The van der Waals surface area contributed by atoms with E-state index >= 15 is 0 Å². The lowest BCUT2D eigenvalue weighted by Crippen LogP contribution is -2.51. The van der Waals surface area contributed by atoms with Crippen molar-refractivity contribution in [2.75, 3.05) is 19.6 Å². The van der Waals surface area contributed by atoms with Gasteiger partial charge in [-0.25, -0.2) is 8.42 Å². The van der Waals surface area contributed by atoms with E-state index < -0.39 is 16.1 Å². The second-order valence-electron chi connectivity index (χ2n) is 12.8. The van der Waals surface area contributed by atoms with E-state index in [0.29, 0.717) is 13.1 Å². The number of fused-ring (bicyclic) bond motifs is 1. The number of guanidine groups is 1. The van der Waals surface area contributed by atoms with E-state index in [4.69, 9.17) is 11.1 Å². The van der Waals surface area contributed by atoms with Crippen LogP contribution in [0.2, 0.25) is 0 Å². The summed E-state index contributed by atoms with van der Waals surface area (Å²) in [6.07, 6.45) is 3.83. The SMILES string of the molecule is CC(C)c1cc(C(C)C)c(S(=O)(=O)N[C@H](Cc2c[nH]c3ccccc23)C(=O)NCC2CCCN(C(=N)N)C2)c(C(C)C)c1. The smallest absolute Gasteiger partial charge is 0.241 e. The second kappa shape index (κ2) is 13.5. The van der Waals surface area contributed by atoms with Gasteiger partial charge < -0.3 is 20.9 Å². The number of rotatable bonds is 11. The minimum absolute atomic E-state index is 0.0285. The van der Waals surface area contributed by atoms with E-state index in [1.54, 1.807) is 0 Å². The van der Waals surface area contributed by atoms with Gasteiger partial charge in [0.05, 0.1) is 4.90 Å². The number of amides is 1. The number of nitrogens with two attached hydrogens (primary N) is 1. The lowest BCUT2D eigenvalue weighted by molar-refractivity contribution is -0.122. The maximum Gasteiger partial charge on any atom is 0.241 e. The first-order valence-corrected chi connectivity index (χ1v) is 16.9. The van der Waals surface area contributed by atoms with Crippen LogP contribution < -0.4 is 15.8 Å². The molecule has 1 aliphatic rings. The van der Waals surface area contributed by atoms with Gasteiger partial charge in [-0.2, -0.15) is 4.72 Å². The highest BCUT2D eigenvalue weighted by Gasteiger charge is 2.32. The number of H-pyrrole nitrogens is 1. The predicted octanol–water partition coefficient (Wildman–Crippen LogP) is 5.15. The van der Waals surface area contributed by atoms with Crippen LogP contribution in [-0.4, -0.2) is 55.8 Å². The van der Waals surface area contributed by atoms with Gasteiger partial charge in [0.15, 0.2) is 5.96 Å². The number of piperidine rings is 1. The minimum Gasteiger partial charge on any atom is -0.370 e. The van der Waals surface area contributed by atoms with Crippen molar-refractivity contribution >= 4 is 32.8 Å². The van der Waals surface area contributed by atoms with Gasteiger partial charge in [0.1, 0.15) is 6.04 Å². The highest BCUT2D eigenvalue weighted by molar-refractivity contribution is 7.89. The van der Waals surface area contributed by atoms with Crippen LogP contribution in [0.25, 0.3) is 10.9 Å². The zero-order chi connectivity index (χ0) is 31.5. The monoisotopic (exact) mass is 608 g/mol. The molecular weight excluding hydrogens is 560 g/mol. The number of aromatic nitrogens is 1. The fourth-order valence-electron chi connectivity index (χ4n) is 5.97. The molecule has 1 unspecified atom stereocenters. The highest BCUT2D eigenvalue weighted by atomic mass is 32.2. The lowest BCUT2D eigenvalue weighted by atomic mass is 9.89. The number of nitrogens with one attached hydrogen (secondary N) is 4. The summed E-state index contributed by atoms with van der Waals surface area (Å²) in [5.41, 5.74) is 10.1. The van der Waals surface area contributed by atoms with E-state index in [9.17, 15) is 13.2 Å². The molecule has 234 valence electrons. The summed E-state index contributed by atoms with van der Waals surface area (Å²) in [4.78, 5) is 19.2. The van der Waals surface area contributed by atoms with Gasteiger partial charge in [-0.05, 0) is 71.3 Å². The third-order valence-electron chi connectivity index (χ3n) is 8.49. The Morgan fingerprint density at radius 2 is 1.72 bits per heavy atom. The molecule has 3 aromatic rings. The first-order valence-electron chi connectivity index (χ1n) is 15.4. The number of carbonyl (C=O) groups excluding carboxylic acids is 1. The average molecular weight is 609 g/mol. The van der Waals surface area contributed by atoms with E-state index in [0.717, 1.165) is 52.5 Å². The normalized spacial score (nSPS) is 16.8. The maximum atomic E-state index is 14.4. The number of hydrogen-bond donors (Lipinski definition) is 5. The Kier molecular flexibility index (Phi) is 10.2. The quantitative estimate of drug-likeness (QED) is 0.151. The fourth-order valence-corrected chi connectivity index (χ4v) is 7.87. The number of likely N-dealkylation sites (tertiary alicyclic amines) is 1. The molecular formula is C33H48N6O3S. The molecule has 1 fully saturated rings. The first-order chi connectivity index (χ1) is 20.3. The Balaban J connectivity index is 1.69. The molecule has 9 nitrogen and oxygen atoms in total. The van der Waals surface area contributed by atoms with Gasteiger partial charge in [0.2, 0.25) is 15.9 Å². The van der Waals surface area contributed by atoms with Crippen molar-refractivity contribution in [1.82, 2.24) is 19.9 Å². The van der Waals surface area contributed by atoms with Crippen molar-refractivity contribution in [3.8, 4) is 0 Å². The molecule has 1 aromatic heterocycles. The maximum absolute atomic E-state index is 14.4. The molecule has 1 saturated heterocycles. The molecule has 0 saturated carbocycles. The third kappa shape index (κ3) is 7.59. The summed E-state index contributed by atoms with van der Waals surface area (Å²) in [7, 11) is -4.09. The zero-order valence-electron chi connectivity index (χ0n) is 26.3. The fraction of sp³-hybridized carbons (Fsp3) is 0.515. The van der Waals surface area contributed by atoms with Crippen LogP contribution in [-0.2, 0) is 21.2 Å². The molecule has 10 heteroatoms. The Morgan fingerprint density at radius 3 is 2.33 bits per heavy atom. The van der Waals surface area contributed by atoms with Gasteiger partial charge in [-0.3, -0.25) is 10.2 Å². The van der Waals surface area contributed by atoms with Crippen LogP contribution in [0, 0.1) is 11.3 Å². The molecule has 0 radical (unpaired) electrons. The molecule has 2 aromatic carbocycles. The Morgan fingerprint density at radius 1 is 1.07 bits per heavy atom. The minimum atomic E-state index is -4.09. The van der Waals surface area contributed by atoms with Gasteiger partial charge in [-0.1, -0.05) is 71.9 Å². The van der Waals surface area contributed by atoms with Crippen molar-refractivity contribution in [2.24, 2.45) is 11.7 Å². The Labute approximate surface area is 256 Å². The summed E-state index contributed by atoms with van der Waals surface area (Å²) in [6, 6.07) is 10.8. The summed E-state index contributed by atoms with van der Waals surface area (Å²) in [5.74, 6) is -0.0241. The number of hydrogen-bond acceptors (Lipinski definition) is 4. The van der Waals surface area contributed by atoms with Gasteiger partial charge >= 0.3 is 0 Å². The molecule has 0 aliphatic carbocycles.